The molecule has 0 amide bonds. The summed E-state index contributed by atoms with van der Waals surface area (Å²) in [6.07, 6.45) is 0. The van der Waals surface area contributed by atoms with E-state index in [1.807, 2.05) is 6.92 Å². The second-order valence-electron chi connectivity index (χ2n) is 4.42. The van der Waals surface area contributed by atoms with Crippen LogP contribution in [0.25, 0.3) is 0 Å². The molecule has 0 aliphatic rings. The average molecular weight is 363 g/mol. The summed E-state index contributed by atoms with van der Waals surface area (Å²) in [6, 6.07) is 9.09. The number of carboxylic acid groups (broad SMARTS) is 1. The number of nitrogens with zero attached hydrogens (tertiary/aromatic N) is 2. The highest BCUT2D eigenvalue weighted by Gasteiger charge is 2.18. The van der Waals surface area contributed by atoms with Crippen LogP contribution in [0.3, 0.4) is 0 Å². The Morgan fingerprint density at radius 1 is 1.38 bits per heavy atom. The van der Waals surface area contributed by atoms with Gasteiger partial charge in [0.1, 0.15) is 11.1 Å². The number of rotatable bonds is 3. The van der Waals surface area contributed by atoms with Gasteiger partial charge < -0.3 is 5.11 Å². The number of benzene rings is 1. The quantitative estimate of drug-likeness (QED) is 0.886. The predicted molar refractivity (Wildman–Crippen MR) is 83.7 cm³/mol. The first-order valence-corrected chi connectivity index (χ1v) is 7.62. The van der Waals surface area contributed by atoms with E-state index in [1.165, 1.54) is 11.8 Å². The summed E-state index contributed by atoms with van der Waals surface area (Å²) in [6.45, 7) is 3.56. The summed E-state index contributed by atoms with van der Waals surface area (Å²) < 4.78 is 0.824. The van der Waals surface area contributed by atoms with Gasteiger partial charge in [-0.3, -0.25) is 0 Å². The fourth-order valence-corrected chi connectivity index (χ4v) is 3.58. The van der Waals surface area contributed by atoms with Gasteiger partial charge in [-0.2, -0.15) is 5.26 Å². The van der Waals surface area contributed by atoms with Crippen molar-refractivity contribution in [1.82, 2.24) is 4.98 Å². The molecule has 0 bridgehead atoms. The molecule has 21 heavy (non-hydrogen) atoms. The zero-order valence-corrected chi connectivity index (χ0v) is 13.7. The zero-order chi connectivity index (χ0) is 15.6. The molecular formula is C15H11BrN2O2S. The highest BCUT2D eigenvalue weighted by Crippen LogP contribution is 2.34. The van der Waals surface area contributed by atoms with E-state index in [0.717, 1.165) is 10.2 Å². The number of pyridine rings is 1. The first-order chi connectivity index (χ1) is 9.92. The summed E-state index contributed by atoms with van der Waals surface area (Å²) >= 11 is 4.55. The summed E-state index contributed by atoms with van der Waals surface area (Å²) in [7, 11) is 0. The molecule has 1 aromatic heterocycles. The molecule has 2 rings (SSSR count). The molecule has 1 aromatic carbocycles. The van der Waals surface area contributed by atoms with E-state index in [4.69, 9.17) is 5.26 Å². The molecule has 1 heterocycles. The number of carboxylic acids is 1. The number of nitriles is 1. The molecule has 0 spiro atoms. The third kappa shape index (κ3) is 3.43. The van der Waals surface area contributed by atoms with Gasteiger partial charge in [0, 0.05) is 15.1 Å². The topological polar surface area (TPSA) is 74.0 Å². The number of hydrogen-bond donors (Lipinski definition) is 1. The smallest absolute Gasteiger partial charge is 0.338 e. The molecule has 2 aromatic rings. The lowest BCUT2D eigenvalue weighted by molar-refractivity contribution is 0.0691. The molecule has 0 unspecified atom stereocenters. The predicted octanol–water partition coefficient (Wildman–Crippen LogP) is 4.18. The summed E-state index contributed by atoms with van der Waals surface area (Å²) in [5, 5.41) is 18.9. The second-order valence-corrected chi connectivity index (χ2v) is 6.37. The van der Waals surface area contributed by atoms with Crippen LogP contribution in [0.4, 0.5) is 0 Å². The van der Waals surface area contributed by atoms with Crippen LogP contribution in [-0.4, -0.2) is 16.1 Å². The number of aryl methyl sites for hydroxylation is 2. The van der Waals surface area contributed by atoms with Gasteiger partial charge in [0.2, 0.25) is 0 Å². The number of aromatic nitrogens is 1. The van der Waals surface area contributed by atoms with Gasteiger partial charge >= 0.3 is 5.97 Å². The molecule has 0 fully saturated rings. The van der Waals surface area contributed by atoms with Crippen molar-refractivity contribution >= 4 is 33.7 Å². The maximum absolute atomic E-state index is 11.4. The van der Waals surface area contributed by atoms with Crippen LogP contribution < -0.4 is 0 Å². The molecule has 106 valence electrons. The molecule has 0 aliphatic heterocycles. The maximum atomic E-state index is 11.4. The maximum Gasteiger partial charge on any atom is 0.338 e. The van der Waals surface area contributed by atoms with Gasteiger partial charge in [0.05, 0.1) is 11.1 Å². The Kier molecular flexibility index (Phi) is 4.66. The minimum Gasteiger partial charge on any atom is -0.478 e. The molecule has 0 aliphatic carbocycles. The summed E-state index contributed by atoms with van der Waals surface area (Å²) in [4.78, 5) is 16.4. The van der Waals surface area contributed by atoms with E-state index in [0.29, 0.717) is 21.0 Å². The normalized spacial score (nSPS) is 10.2. The SMILES string of the molecule is Cc1cc(C)c(C(=O)O)c(Sc2cc(Br)ccc2C#N)n1. The molecule has 0 saturated carbocycles. The van der Waals surface area contributed by atoms with E-state index in [9.17, 15) is 9.90 Å². The molecule has 1 N–H and O–H groups in total. The number of carbonyl (C=O) groups is 1. The van der Waals surface area contributed by atoms with Crippen molar-refractivity contribution < 1.29 is 9.90 Å². The zero-order valence-electron chi connectivity index (χ0n) is 11.3. The lowest BCUT2D eigenvalue weighted by Gasteiger charge is -2.10. The van der Waals surface area contributed by atoms with E-state index < -0.39 is 5.97 Å². The lowest BCUT2D eigenvalue weighted by atomic mass is 10.1. The number of halogens is 1. The molecular weight excluding hydrogens is 352 g/mol. The minimum absolute atomic E-state index is 0.175. The van der Waals surface area contributed by atoms with Crippen LogP contribution in [-0.2, 0) is 0 Å². The Labute approximate surface area is 135 Å². The second kappa shape index (κ2) is 6.29. The largest absolute Gasteiger partial charge is 0.478 e. The first kappa shape index (κ1) is 15.5. The van der Waals surface area contributed by atoms with Crippen molar-refractivity contribution in [2.24, 2.45) is 0 Å². The van der Waals surface area contributed by atoms with E-state index in [2.05, 4.69) is 27.0 Å². The van der Waals surface area contributed by atoms with Crippen LogP contribution in [0.2, 0.25) is 0 Å². The van der Waals surface area contributed by atoms with Crippen LogP contribution in [0, 0.1) is 25.2 Å². The van der Waals surface area contributed by atoms with E-state index >= 15 is 0 Å². The van der Waals surface area contributed by atoms with Crippen molar-refractivity contribution in [3.63, 3.8) is 0 Å². The van der Waals surface area contributed by atoms with Crippen LogP contribution in [0.15, 0.2) is 38.7 Å². The summed E-state index contributed by atoms with van der Waals surface area (Å²) in [5.41, 5.74) is 2.06. The van der Waals surface area contributed by atoms with Gasteiger partial charge in [-0.25, -0.2) is 9.78 Å². The minimum atomic E-state index is -1.02. The van der Waals surface area contributed by atoms with Crippen molar-refractivity contribution in [3.05, 3.63) is 51.1 Å². The Morgan fingerprint density at radius 3 is 2.71 bits per heavy atom. The third-order valence-electron chi connectivity index (χ3n) is 2.80. The molecule has 6 heteroatoms. The molecule has 0 atom stereocenters. The molecule has 4 nitrogen and oxygen atoms in total. The van der Waals surface area contributed by atoms with Crippen LogP contribution >= 0.6 is 27.7 Å². The van der Waals surface area contributed by atoms with Crippen molar-refractivity contribution in [3.8, 4) is 6.07 Å². The van der Waals surface area contributed by atoms with Gasteiger partial charge in [-0.15, -0.1) is 0 Å². The first-order valence-electron chi connectivity index (χ1n) is 6.01. The highest BCUT2D eigenvalue weighted by atomic mass is 79.9. The van der Waals surface area contributed by atoms with E-state index in [-0.39, 0.29) is 5.56 Å². The van der Waals surface area contributed by atoms with Crippen LogP contribution in [0.5, 0.6) is 0 Å². The Balaban J connectivity index is 2.57. The summed E-state index contributed by atoms with van der Waals surface area (Å²) in [5.74, 6) is -1.02. The molecule has 0 radical (unpaired) electrons. The lowest BCUT2D eigenvalue weighted by Crippen LogP contribution is -2.05. The van der Waals surface area contributed by atoms with Gasteiger partial charge in [0.25, 0.3) is 0 Å². The van der Waals surface area contributed by atoms with Gasteiger partial charge in [0.15, 0.2) is 0 Å². The van der Waals surface area contributed by atoms with Crippen molar-refractivity contribution in [2.75, 3.05) is 0 Å². The fraction of sp³-hybridized carbons (Fsp3) is 0.133. The third-order valence-corrected chi connectivity index (χ3v) is 4.34. The average Bonchev–Trinajstić information content (AvgIpc) is 2.37. The Bertz CT molecular complexity index is 769. The monoisotopic (exact) mass is 362 g/mol. The fourth-order valence-electron chi connectivity index (χ4n) is 1.91. The van der Waals surface area contributed by atoms with Crippen molar-refractivity contribution in [2.45, 2.75) is 23.8 Å². The van der Waals surface area contributed by atoms with E-state index in [1.54, 1.807) is 31.2 Å². The number of aromatic carboxylic acids is 1. The van der Waals surface area contributed by atoms with Crippen molar-refractivity contribution in [1.29, 1.82) is 5.26 Å². The standard InChI is InChI=1S/C15H11BrN2O2S/c1-8-5-9(2)18-14(13(8)15(19)20)21-12-6-11(16)4-3-10(12)7-17/h3-6H,1-2H3,(H,19,20). The Morgan fingerprint density at radius 2 is 2.10 bits per heavy atom. The Hall–Kier alpha value is -1.84. The highest BCUT2D eigenvalue weighted by molar-refractivity contribution is 9.10. The van der Waals surface area contributed by atoms with Gasteiger partial charge in [-0.1, -0.05) is 27.7 Å². The molecule has 0 saturated heterocycles. The number of hydrogen-bond acceptors (Lipinski definition) is 4. The van der Waals surface area contributed by atoms with Crippen LogP contribution in [0.1, 0.15) is 27.2 Å². The van der Waals surface area contributed by atoms with Gasteiger partial charge in [-0.05, 0) is 43.7 Å².